The van der Waals surface area contributed by atoms with Gasteiger partial charge in [-0.05, 0) is 67.8 Å². The number of allylic oxidation sites excluding steroid dienone is 2. The van der Waals surface area contributed by atoms with Gasteiger partial charge < -0.3 is 15.6 Å². The first-order valence-corrected chi connectivity index (χ1v) is 11.6. The number of nitrogens with one attached hydrogen (secondary N) is 3. The minimum atomic E-state index is 0.162. The van der Waals surface area contributed by atoms with Gasteiger partial charge in [-0.25, -0.2) is 5.01 Å². The SMILES string of the molecule is CC1=CC(c2[nH]c3sc(C45CNCCC4C5)c(C)c3c2C(C)C)=CN2N=CNC12. The number of aromatic nitrogens is 1. The molecule has 6 heteroatoms. The van der Waals surface area contributed by atoms with Crippen LogP contribution in [-0.2, 0) is 5.41 Å². The zero-order valence-corrected chi connectivity index (χ0v) is 18.4. The van der Waals surface area contributed by atoms with Crippen molar-refractivity contribution in [1.82, 2.24) is 20.6 Å². The van der Waals surface area contributed by atoms with Crippen LogP contribution < -0.4 is 10.6 Å². The minimum absolute atomic E-state index is 0.162. The van der Waals surface area contributed by atoms with E-state index >= 15 is 0 Å². The number of rotatable bonds is 3. The van der Waals surface area contributed by atoms with E-state index in [1.807, 2.05) is 16.3 Å². The van der Waals surface area contributed by atoms with Crippen molar-refractivity contribution in [2.75, 3.05) is 13.1 Å². The van der Waals surface area contributed by atoms with Crippen LogP contribution in [0, 0.1) is 12.8 Å². The first kappa shape index (κ1) is 17.8. The molecule has 3 aliphatic heterocycles. The van der Waals surface area contributed by atoms with Crippen LogP contribution in [0.1, 0.15) is 61.2 Å². The number of aryl methyl sites for hydroxylation is 1. The Morgan fingerprint density at radius 2 is 2.17 bits per heavy atom. The maximum Gasteiger partial charge on any atom is 0.143 e. The molecule has 3 N–H and O–H groups in total. The van der Waals surface area contributed by atoms with Crippen molar-refractivity contribution >= 4 is 33.5 Å². The van der Waals surface area contributed by atoms with Crippen molar-refractivity contribution in [1.29, 1.82) is 0 Å². The molecule has 2 aromatic rings. The Labute approximate surface area is 175 Å². The second kappa shape index (κ2) is 5.99. The molecule has 0 radical (unpaired) electrons. The lowest BCUT2D eigenvalue weighted by molar-refractivity contribution is 0.336. The number of H-pyrrole nitrogens is 1. The Morgan fingerprint density at radius 3 is 2.97 bits per heavy atom. The molecular weight excluding hydrogens is 378 g/mol. The average molecular weight is 408 g/mol. The number of hydrogen-bond donors (Lipinski definition) is 3. The summed E-state index contributed by atoms with van der Waals surface area (Å²) in [6.45, 7) is 11.5. The Balaban J connectivity index is 1.49. The molecule has 2 aromatic heterocycles. The summed E-state index contributed by atoms with van der Waals surface area (Å²) in [5.74, 6) is 1.35. The number of piperidine rings is 1. The molecule has 0 amide bonds. The smallest absolute Gasteiger partial charge is 0.143 e. The van der Waals surface area contributed by atoms with Gasteiger partial charge in [0.25, 0.3) is 0 Å². The van der Waals surface area contributed by atoms with Crippen molar-refractivity contribution in [3.63, 3.8) is 0 Å². The van der Waals surface area contributed by atoms with Crippen molar-refractivity contribution in [3.8, 4) is 0 Å². The average Bonchev–Trinajstić information content (AvgIpc) is 2.98. The zero-order valence-electron chi connectivity index (χ0n) is 17.6. The number of hydrogen-bond acceptors (Lipinski definition) is 5. The molecule has 3 unspecified atom stereocenters. The number of fused-ring (bicyclic) bond motifs is 3. The first-order chi connectivity index (χ1) is 14.0. The Morgan fingerprint density at radius 1 is 1.31 bits per heavy atom. The molecule has 0 bridgehead atoms. The summed E-state index contributed by atoms with van der Waals surface area (Å²) in [7, 11) is 0. The molecule has 0 aromatic carbocycles. The molecule has 5 heterocycles. The fraction of sp³-hybridized carbons (Fsp3) is 0.522. The highest BCUT2D eigenvalue weighted by molar-refractivity contribution is 7.19. The van der Waals surface area contributed by atoms with Gasteiger partial charge >= 0.3 is 0 Å². The molecule has 1 saturated heterocycles. The fourth-order valence-corrected chi connectivity index (χ4v) is 7.34. The molecule has 4 aliphatic rings. The summed E-state index contributed by atoms with van der Waals surface area (Å²) < 4.78 is 0. The second-order valence-corrected chi connectivity index (χ2v) is 10.5. The molecule has 29 heavy (non-hydrogen) atoms. The van der Waals surface area contributed by atoms with E-state index in [1.54, 1.807) is 11.2 Å². The second-order valence-electron chi connectivity index (χ2n) is 9.52. The highest BCUT2D eigenvalue weighted by Crippen LogP contribution is 2.61. The van der Waals surface area contributed by atoms with Gasteiger partial charge in [0, 0.05) is 34.0 Å². The summed E-state index contributed by atoms with van der Waals surface area (Å²) in [6.07, 6.45) is 9.12. The van der Waals surface area contributed by atoms with Gasteiger partial charge in [-0.3, -0.25) is 0 Å². The third-order valence-electron chi connectivity index (χ3n) is 7.36. The third-order valence-corrected chi connectivity index (χ3v) is 8.79. The number of thiophene rings is 1. The maximum absolute atomic E-state index is 4.47. The lowest BCUT2D eigenvalue weighted by Crippen LogP contribution is -2.35. The lowest BCUT2D eigenvalue weighted by atomic mass is 9.90. The first-order valence-electron chi connectivity index (χ1n) is 10.8. The van der Waals surface area contributed by atoms with Crippen LogP contribution in [-0.4, -0.2) is 35.6 Å². The molecular formula is C23H29N5S. The standard InChI is InChI=1S/C23H29N5S/c1-12(2)17-18-14(4)20(23-8-16(23)5-6-24-10-23)29-22(18)27-19(17)15-7-13(3)21-25-11-26-28(21)9-15/h7,9,11-12,16,21,24,27H,5-6,8,10H2,1-4H3,(H,25,26). The van der Waals surface area contributed by atoms with Crippen LogP contribution in [0.25, 0.3) is 15.8 Å². The maximum atomic E-state index is 4.47. The largest absolute Gasteiger partial charge is 0.350 e. The van der Waals surface area contributed by atoms with Gasteiger partial charge in [-0.2, -0.15) is 5.10 Å². The quantitative estimate of drug-likeness (QED) is 0.707. The van der Waals surface area contributed by atoms with Gasteiger partial charge in [0.15, 0.2) is 0 Å². The highest BCUT2D eigenvalue weighted by atomic mass is 32.1. The number of hydrazone groups is 1. The Hall–Kier alpha value is -2.05. The van der Waals surface area contributed by atoms with E-state index in [2.05, 4.69) is 60.7 Å². The molecule has 1 saturated carbocycles. The Kier molecular flexibility index (Phi) is 3.67. The van der Waals surface area contributed by atoms with Crippen LogP contribution in [0.4, 0.5) is 0 Å². The minimum Gasteiger partial charge on any atom is -0.350 e. The fourth-order valence-electron chi connectivity index (χ4n) is 5.84. The summed E-state index contributed by atoms with van der Waals surface area (Å²) in [6, 6.07) is 0. The molecule has 0 spiro atoms. The molecule has 6 rings (SSSR count). The van der Waals surface area contributed by atoms with E-state index in [4.69, 9.17) is 0 Å². The van der Waals surface area contributed by atoms with Crippen LogP contribution in [0.15, 0.2) is 23.0 Å². The molecule has 152 valence electrons. The van der Waals surface area contributed by atoms with Gasteiger partial charge in [0.1, 0.15) is 17.3 Å². The van der Waals surface area contributed by atoms with Crippen molar-refractivity contribution in [3.05, 3.63) is 39.5 Å². The number of aromatic amines is 1. The van der Waals surface area contributed by atoms with Crippen molar-refractivity contribution in [2.24, 2.45) is 11.0 Å². The summed E-state index contributed by atoms with van der Waals surface area (Å²) in [5.41, 5.74) is 7.17. The summed E-state index contributed by atoms with van der Waals surface area (Å²) in [4.78, 5) is 6.81. The molecule has 2 fully saturated rings. The van der Waals surface area contributed by atoms with E-state index in [-0.39, 0.29) is 6.17 Å². The van der Waals surface area contributed by atoms with E-state index in [9.17, 15) is 0 Å². The van der Waals surface area contributed by atoms with Crippen molar-refractivity contribution < 1.29 is 0 Å². The van der Waals surface area contributed by atoms with Gasteiger partial charge in [-0.1, -0.05) is 13.8 Å². The highest BCUT2D eigenvalue weighted by Gasteiger charge is 2.57. The van der Waals surface area contributed by atoms with E-state index in [1.165, 1.54) is 57.6 Å². The molecule has 5 nitrogen and oxygen atoms in total. The summed E-state index contributed by atoms with van der Waals surface area (Å²) >= 11 is 2.01. The molecule has 1 aliphatic carbocycles. The zero-order chi connectivity index (χ0) is 19.9. The van der Waals surface area contributed by atoms with Crippen molar-refractivity contribution in [2.45, 2.75) is 58.0 Å². The third kappa shape index (κ3) is 2.39. The summed E-state index contributed by atoms with van der Waals surface area (Å²) in [5, 5.41) is 14.9. The van der Waals surface area contributed by atoms with Crippen LogP contribution in [0.5, 0.6) is 0 Å². The predicted octanol–water partition coefficient (Wildman–Crippen LogP) is 4.39. The van der Waals surface area contributed by atoms with Crippen LogP contribution in [0.3, 0.4) is 0 Å². The topological polar surface area (TPSA) is 55.5 Å². The Bertz CT molecular complexity index is 1100. The monoisotopic (exact) mass is 407 g/mol. The van der Waals surface area contributed by atoms with E-state index < -0.39 is 0 Å². The number of nitrogens with zero attached hydrogens (tertiary/aromatic N) is 2. The van der Waals surface area contributed by atoms with Crippen LogP contribution in [0.2, 0.25) is 0 Å². The van der Waals surface area contributed by atoms with Crippen LogP contribution >= 0.6 is 11.3 Å². The molecule has 3 atom stereocenters. The lowest BCUT2D eigenvalue weighted by Gasteiger charge is -2.26. The van der Waals surface area contributed by atoms with Gasteiger partial charge in [0.2, 0.25) is 0 Å². The van der Waals surface area contributed by atoms with Gasteiger partial charge in [-0.15, -0.1) is 11.3 Å². The van der Waals surface area contributed by atoms with E-state index in [0.29, 0.717) is 11.3 Å². The normalized spacial score (nSPS) is 30.3. The van der Waals surface area contributed by atoms with E-state index in [0.717, 1.165) is 12.5 Å². The van der Waals surface area contributed by atoms with Gasteiger partial charge in [0.05, 0.1) is 5.69 Å². The predicted molar refractivity (Wildman–Crippen MR) is 121 cm³/mol.